The van der Waals surface area contributed by atoms with Gasteiger partial charge in [0.15, 0.2) is 10.8 Å². The van der Waals surface area contributed by atoms with Gasteiger partial charge < -0.3 is 10.6 Å². The monoisotopic (exact) mass is 227 g/mol. The number of hydrogen-bond acceptors (Lipinski definition) is 6. The molecule has 3 N–H and O–H groups in total. The van der Waals surface area contributed by atoms with Crippen LogP contribution in [0.3, 0.4) is 0 Å². The van der Waals surface area contributed by atoms with Crippen molar-refractivity contribution in [3.63, 3.8) is 0 Å². The molecule has 1 aromatic rings. The number of aromatic nitrogens is 1. The minimum atomic E-state index is -0.944. The van der Waals surface area contributed by atoms with E-state index in [0.29, 0.717) is 5.13 Å². The molecule has 0 aliphatic rings. The largest absolute Gasteiger partial charge is 0.392 e. The first kappa shape index (κ1) is 11.4. The molecule has 0 saturated heterocycles. The van der Waals surface area contributed by atoms with Gasteiger partial charge in [-0.15, -0.1) is 11.3 Å². The van der Waals surface area contributed by atoms with Crippen molar-refractivity contribution in [2.24, 2.45) is 5.16 Å². The molecule has 1 radical (unpaired) electrons. The summed E-state index contributed by atoms with van der Waals surface area (Å²) in [4.78, 5) is 19.7. The maximum atomic E-state index is 10.9. The summed E-state index contributed by atoms with van der Waals surface area (Å²) in [6, 6.07) is 0. The Morgan fingerprint density at radius 1 is 1.73 bits per heavy atom. The highest BCUT2D eigenvalue weighted by Crippen LogP contribution is 2.12. The van der Waals surface area contributed by atoms with Crippen LogP contribution >= 0.6 is 11.3 Å². The molecule has 7 heteroatoms. The van der Waals surface area contributed by atoms with Gasteiger partial charge in [0.2, 0.25) is 0 Å². The first-order chi connectivity index (χ1) is 7.00. The van der Waals surface area contributed by atoms with Crippen LogP contribution in [0, 0.1) is 0 Å². The van der Waals surface area contributed by atoms with Crippen LogP contribution in [0.5, 0.6) is 0 Å². The third-order valence-corrected chi connectivity index (χ3v) is 2.01. The van der Waals surface area contributed by atoms with E-state index in [9.17, 15) is 4.79 Å². The van der Waals surface area contributed by atoms with Crippen LogP contribution < -0.4 is 11.5 Å². The number of nitrogen functional groups attached to an aromatic ring is 1. The lowest BCUT2D eigenvalue weighted by Crippen LogP contribution is -2.18. The van der Waals surface area contributed by atoms with E-state index >= 15 is 0 Å². The summed E-state index contributed by atoms with van der Waals surface area (Å²) < 4.78 is 0. The average Bonchev–Trinajstić information content (AvgIpc) is 2.51. The molecule has 0 aliphatic carbocycles. The van der Waals surface area contributed by atoms with Crippen molar-refractivity contribution >= 4 is 28.1 Å². The van der Waals surface area contributed by atoms with E-state index < -0.39 is 5.91 Å². The van der Waals surface area contributed by atoms with Crippen molar-refractivity contribution in [1.29, 1.82) is 0 Å². The minimum absolute atomic E-state index is 0.128. The molecule has 0 unspecified atom stereocenters. The Labute approximate surface area is 90.9 Å². The molecule has 0 saturated carbocycles. The minimum Gasteiger partial charge on any atom is -0.392 e. The van der Waals surface area contributed by atoms with Gasteiger partial charge in [-0.2, -0.15) is 0 Å². The van der Waals surface area contributed by atoms with Crippen molar-refractivity contribution in [3.8, 4) is 0 Å². The fourth-order valence-electron chi connectivity index (χ4n) is 0.759. The summed E-state index contributed by atoms with van der Waals surface area (Å²) >= 11 is 1.18. The van der Waals surface area contributed by atoms with E-state index in [0.717, 1.165) is 0 Å². The van der Waals surface area contributed by atoms with Crippen LogP contribution in [0.2, 0.25) is 0 Å². The van der Waals surface area contributed by atoms with Gasteiger partial charge in [0.1, 0.15) is 11.8 Å². The maximum Gasteiger partial charge on any atom is 0.294 e. The van der Waals surface area contributed by atoms with Crippen LogP contribution in [-0.2, 0) is 9.63 Å². The zero-order valence-corrected chi connectivity index (χ0v) is 9.17. The molecule has 81 valence electrons. The molecule has 0 bridgehead atoms. The van der Waals surface area contributed by atoms with E-state index in [4.69, 9.17) is 16.3 Å². The fourth-order valence-corrected chi connectivity index (χ4v) is 1.31. The predicted molar refractivity (Wildman–Crippen MR) is 57.4 cm³/mol. The number of nitrogens with two attached hydrogens (primary N) is 1. The van der Waals surface area contributed by atoms with Crippen molar-refractivity contribution < 1.29 is 9.63 Å². The number of carbonyl (C=O) groups excluding carboxylic acids is 1. The van der Waals surface area contributed by atoms with Gasteiger partial charge in [0, 0.05) is 5.38 Å². The topological polar surface area (TPSA) is 101 Å². The van der Waals surface area contributed by atoms with Gasteiger partial charge in [-0.05, 0) is 13.8 Å². The molecule has 1 amide bonds. The van der Waals surface area contributed by atoms with Crippen LogP contribution in [0.15, 0.2) is 10.5 Å². The SMILES string of the molecule is CC(C)ON=C(C([NH])=O)c1csc(N)n1. The molecule has 1 rings (SSSR count). The van der Waals surface area contributed by atoms with Gasteiger partial charge in [-0.25, -0.2) is 4.98 Å². The average molecular weight is 227 g/mol. The number of rotatable bonds is 4. The number of carbonyl (C=O) groups is 1. The Morgan fingerprint density at radius 3 is 2.80 bits per heavy atom. The van der Waals surface area contributed by atoms with Crippen LogP contribution in [0.1, 0.15) is 19.5 Å². The van der Waals surface area contributed by atoms with Gasteiger partial charge in [-0.1, -0.05) is 5.16 Å². The molecule has 15 heavy (non-hydrogen) atoms. The van der Waals surface area contributed by atoms with Crippen molar-refractivity contribution in [1.82, 2.24) is 10.7 Å². The highest BCUT2D eigenvalue weighted by Gasteiger charge is 2.15. The van der Waals surface area contributed by atoms with Gasteiger partial charge in [0.05, 0.1) is 0 Å². The Kier molecular flexibility index (Phi) is 3.62. The Hall–Kier alpha value is -1.63. The first-order valence-corrected chi connectivity index (χ1v) is 5.09. The smallest absolute Gasteiger partial charge is 0.294 e. The lowest BCUT2D eigenvalue weighted by Gasteiger charge is -2.02. The van der Waals surface area contributed by atoms with Crippen molar-refractivity contribution in [2.45, 2.75) is 20.0 Å². The normalized spacial score (nSPS) is 11.8. The molecule has 0 fully saturated rings. The predicted octanol–water partition coefficient (Wildman–Crippen LogP) is 0.664. The summed E-state index contributed by atoms with van der Waals surface area (Å²) in [5.74, 6) is -0.944. The molecule has 0 atom stereocenters. The third-order valence-electron chi connectivity index (χ3n) is 1.33. The van der Waals surface area contributed by atoms with Crippen molar-refractivity contribution in [2.75, 3.05) is 5.73 Å². The Balaban J connectivity index is 2.93. The molecule has 0 aromatic carbocycles. The molecule has 1 heterocycles. The summed E-state index contributed by atoms with van der Waals surface area (Å²) in [5.41, 5.74) is 12.6. The first-order valence-electron chi connectivity index (χ1n) is 4.22. The van der Waals surface area contributed by atoms with Crippen molar-refractivity contribution in [3.05, 3.63) is 11.1 Å². The number of amides is 1. The highest BCUT2D eigenvalue weighted by atomic mass is 32.1. The molecule has 0 aliphatic heterocycles. The van der Waals surface area contributed by atoms with Gasteiger partial charge in [0.25, 0.3) is 5.91 Å². The zero-order valence-electron chi connectivity index (χ0n) is 8.35. The quantitative estimate of drug-likeness (QED) is 0.603. The number of anilines is 1. The lowest BCUT2D eigenvalue weighted by atomic mass is 10.3. The molecule has 6 nitrogen and oxygen atoms in total. The Morgan fingerprint density at radius 2 is 2.40 bits per heavy atom. The third kappa shape index (κ3) is 3.21. The number of nitrogens with zero attached hydrogens (tertiary/aromatic N) is 2. The Bertz CT molecular complexity index is 386. The van der Waals surface area contributed by atoms with Crippen LogP contribution in [0.4, 0.5) is 5.13 Å². The fraction of sp³-hybridized carbons (Fsp3) is 0.375. The van der Waals surface area contributed by atoms with Gasteiger partial charge >= 0.3 is 0 Å². The van der Waals surface area contributed by atoms with E-state index in [1.54, 1.807) is 19.2 Å². The lowest BCUT2D eigenvalue weighted by molar-refractivity contribution is -0.112. The number of hydrogen-bond donors (Lipinski definition) is 1. The van der Waals surface area contributed by atoms with E-state index in [2.05, 4.69) is 10.1 Å². The zero-order chi connectivity index (χ0) is 11.4. The van der Waals surface area contributed by atoms with E-state index in [1.807, 2.05) is 0 Å². The van der Waals surface area contributed by atoms with E-state index in [-0.39, 0.29) is 17.5 Å². The second kappa shape index (κ2) is 4.74. The molecule has 1 aromatic heterocycles. The van der Waals surface area contributed by atoms with Gasteiger partial charge in [-0.3, -0.25) is 10.5 Å². The maximum absolute atomic E-state index is 10.9. The second-order valence-corrected chi connectivity index (χ2v) is 3.88. The summed E-state index contributed by atoms with van der Waals surface area (Å²) in [5, 5.41) is 5.46. The molecule has 0 spiro atoms. The van der Waals surface area contributed by atoms with E-state index in [1.165, 1.54) is 11.3 Å². The van der Waals surface area contributed by atoms with Crippen LogP contribution in [0.25, 0.3) is 0 Å². The summed E-state index contributed by atoms with van der Waals surface area (Å²) in [6.07, 6.45) is -0.157. The summed E-state index contributed by atoms with van der Waals surface area (Å²) in [6.45, 7) is 3.54. The number of nitrogens with one attached hydrogen (secondary N) is 1. The van der Waals surface area contributed by atoms with Crippen LogP contribution in [-0.4, -0.2) is 22.7 Å². The standard InChI is InChI=1S/C8H11N4O2S/c1-4(2)14-12-6(7(9)13)5-3-15-8(10)11-5/h3-4,9H,1-2H3,(H2,10,11). The second-order valence-electron chi connectivity index (χ2n) is 2.99. The summed E-state index contributed by atoms with van der Waals surface area (Å²) in [7, 11) is 0. The number of thiazole rings is 1. The highest BCUT2D eigenvalue weighted by molar-refractivity contribution is 7.13. The number of oxime groups is 1. The molecular weight excluding hydrogens is 216 g/mol. The molecular formula is C8H11N4O2S.